The summed E-state index contributed by atoms with van der Waals surface area (Å²) in [7, 11) is 0. The van der Waals surface area contributed by atoms with E-state index < -0.39 is 0 Å². The van der Waals surface area contributed by atoms with Gasteiger partial charge in [-0.05, 0) is 49.2 Å². The number of carbonyl (C=O) groups excluding carboxylic acids is 1. The highest BCUT2D eigenvalue weighted by atomic mass is 32.2. The van der Waals surface area contributed by atoms with E-state index in [0.29, 0.717) is 21.7 Å². The van der Waals surface area contributed by atoms with Gasteiger partial charge >= 0.3 is 0 Å². The fraction of sp³-hybridized carbons (Fsp3) is 0.286. The van der Waals surface area contributed by atoms with Gasteiger partial charge in [-0.15, -0.1) is 0 Å². The third-order valence-electron chi connectivity index (χ3n) is 4.51. The second-order valence-corrected chi connectivity index (χ2v) is 7.34. The van der Waals surface area contributed by atoms with Gasteiger partial charge in [0.1, 0.15) is 5.82 Å². The molecule has 146 valence electrons. The number of aromatic nitrogens is 2. The number of halogens is 1. The standard InChI is InChI=1S/C21H22FN3O2S/c1-3-15(4-2)23-19(26)13-28-21-24-18-8-6-5-7-17(18)20(27)25(21)16-11-9-14(22)10-12-16/h5-12,15H,3-4,13H2,1-2H3,(H,23,26). The zero-order valence-electron chi connectivity index (χ0n) is 15.8. The van der Waals surface area contributed by atoms with Gasteiger partial charge in [-0.1, -0.05) is 37.7 Å². The van der Waals surface area contributed by atoms with Crippen molar-refractivity contribution in [2.75, 3.05) is 5.75 Å². The monoisotopic (exact) mass is 399 g/mol. The first-order valence-electron chi connectivity index (χ1n) is 9.23. The molecule has 28 heavy (non-hydrogen) atoms. The Morgan fingerprint density at radius 3 is 2.50 bits per heavy atom. The molecule has 7 heteroatoms. The topological polar surface area (TPSA) is 64.0 Å². The first-order valence-corrected chi connectivity index (χ1v) is 10.2. The molecule has 0 saturated carbocycles. The predicted octanol–water partition coefficient (Wildman–Crippen LogP) is 3.92. The highest BCUT2D eigenvalue weighted by Crippen LogP contribution is 2.21. The number of hydrogen-bond acceptors (Lipinski definition) is 4. The molecule has 0 atom stereocenters. The number of carbonyl (C=O) groups is 1. The quantitative estimate of drug-likeness (QED) is 0.483. The van der Waals surface area contributed by atoms with Gasteiger partial charge in [0.25, 0.3) is 5.56 Å². The minimum atomic E-state index is -0.385. The number of rotatable bonds is 7. The zero-order valence-corrected chi connectivity index (χ0v) is 16.6. The number of hydrogen-bond donors (Lipinski definition) is 1. The van der Waals surface area contributed by atoms with Crippen molar-refractivity contribution < 1.29 is 9.18 Å². The molecule has 3 aromatic rings. The van der Waals surface area contributed by atoms with E-state index in [1.54, 1.807) is 18.2 Å². The lowest BCUT2D eigenvalue weighted by Crippen LogP contribution is -2.35. The van der Waals surface area contributed by atoms with E-state index >= 15 is 0 Å². The maximum Gasteiger partial charge on any atom is 0.266 e. The van der Waals surface area contributed by atoms with Crippen molar-refractivity contribution in [2.24, 2.45) is 0 Å². The number of nitrogens with zero attached hydrogens (tertiary/aromatic N) is 2. The van der Waals surface area contributed by atoms with Crippen molar-refractivity contribution in [3.8, 4) is 5.69 Å². The van der Waals surface area contributed by atoms with E-state index in [4.69, 9.17) is 0 Å². The first-order chi connectivity index (χ1) is 13.5. The number of nitrogens with one attached hydrogen (secondary N) is 1. The van der Waals surface area contributed by atoms with Gasteiger partial charge in [0.2, 0.25) is 5.91 Å². The van der Waals surface area contributed by atoms with Crippen LogP contribution in [-0.2, 0) is 4.79 Å². The molecule has 0 bridgehead atoms. The molecule has 0 spiro atoms. The average molecular weight is 399 g/mol. The molecule has 0 aliphatic heterocycles. The van der Waals surface area contributed by atoms with Crippen LogP contribution in [0.3, 0.4) is 0 Å². The number of para-hydroxylation sites is 1. The number of thioether (sulfide) groups is 1. The van der Waals surface area contributed by atoms with Crippen molar-refractivity contribution in [2.45, 2.75) is 37.9 Å². The Morgan fingerprint density at radius 2 is 1.82 bits per heavy atom. The van der Waals surface area contributed by atoms with E-state index in [2.05, 4.69) is 10.3 Å². The largest absolute Gasteiger partial charge is 0.353 e. The van der Waals surface area contributed by atoms with Crippen LogP contribution in [0.1, 0.15) is 26.7 Å². The number of amides is 1. The molecule has 0 fully saturated rings. The van der Waals surface area contributed by atoms with Crippen LogP contribution in [0.15, 0.2) is 58.5 Å². The van der Waals surface area contributed by atoms with Crippen molar-refractivity contribution in [3.05, 3.63) is 64.7 Å². The summed E-state index contributed by atoms with van der Waals surface area (Å²) in [5, 5.41) is 3.85. The summed E-state index contributed by atoms with van der Waals surface area (Å²) in [5.74, 6) is -0.348. The van der Waals surface area contributed by atoms with Gasteiger partial charge in [0, 0.05) is 6.04 Å². The molecule has 0 aliphatic rings. The molecule has 1 amide bonds. The van der Waals surface area contributed by atoms with Crippen LogP contribution in [0.2, 0.25) is 0 Å². The molecule has 0 aliphatic carbocycles. The Balaban J connectivity index is 1.98. The minimum absolute atomic E-state index is 0.105. The summed E-state index contributed by atoms with van der Waals surface area (Å²) in [6.07, 6.45) is 1.73. The summed E-state index contributed by atoms with van der Waals surface area (Å²) in [4.78, 5) is 29.9. The Morgan fingerprint density at radius 1 is 1.14 bits per heavy atom. The Bertz CT molecular complexity index is 1030. The van der Waals surface area contributed by atoms with Gasteiger partial charge in [-0.2, -0.15) is 0 Å². The highest BCUT2D eigenvalue weighted by molar-refractivity contribution is 7.99. The van der Waals surface area contributed by atoms with Crippen LogP contribution in [0.4, 0.5) is 4.39 Å². The molecular weight excluding hydrogens is 377 g/mol. The molecule has 2 aromatic carbocycles. The van der Waals surface area contributed by atoms with Crippen LogP contribution in [0.5, 0.6) is 0 Å². The predicted molar refractivity (Wildman–Crippen MR) is 111 cm³/mol. The fourth-order valence-corrected chi connectivity index (χ4v) is 3.74. The van der Waals surface area contributed by atoms with Gasteiger partial charge in [0.05, 0.1) is 22.3 Å². The molecule has 1 heterocycles. The second-order valence-electron chi connectivity index (χ2n) is 6.40. The molecule has 0 radical (unpaired) electrons. The van der Waals surface area contributed by atoms with Crippen molar-refractivity contribution in [3.63, 3.8) is 0 Å². The normalized spacial score (nSPS) is 11.1. The molecular formula is C21H22FN3O2S. The van der Waals surface area contributed by atoms with E-state index in [-0.39, 0.29) is 29.1 Å². The third kappa shape index (κ3) is 4.42. The van der Waals surface area contributed by atoms with Crippen LogP contribution in [0.25, 0.3) is 16.6 Å². The molecule has 5 nitrogen and oxygen atoms in total. The lowest BCUT2D eigenvalue weighted by atomic mass is 10.2. The van der Waals surface area contributed by atoms with Crippen molar-refractivity contribution in [1.82, 2.24) is 14.9 Å². The lowest BCUT2D eigenvalue weighted by molar-refractivity contribution is -0.119. The fourth-order valence-electron chi connectivity index (χ4n) is 2.92. The number of fused-ring (bicyclic) bond motifs is 1. The van der Waals surface area contributed by atoms with E-state index in [1.165, 1.54) is 40.6 Å². The Hall–Kier alpha value is -2.67. The SMILES string of the molecule is CCC(CC)NC(=O)CSc1nc2ccccc2c(=O)n1-c1ccc(F)cc1. The van der Waals surface area contributed by atoms with Crippen LogP contribution < -0.4 is 10.9 Å². The van der Waals surface area contributed by atoms with Crippen LogP contribution in [-0.4, -0.2) is 27.3 Å². The van der Waals surface area contributed by atoms with E-state index in [1.807, 2.05) is 19.9 Å². The van der Waals surface area contributed by atoms with Gasteiger partial charge < -0.3 is 5.32 Å². The summed E-state index contributed by atoms with van der Waals surface area (Å²) in [5.41, 5.74) is 0.821. The molecule has 1 N–H and O–H groups in total. The van der Waals surface area contributed by atoms with E-state index in [0.717, 1.165) is 12.8 Å². The Labute approximate surface area is 167 Å². The maximum absolute atomic E-state index is 13.3. The first kappa shape index (κ1) is 20.1. The summed E-state index contributed by atoms with van der Waals surface area (Å²) in [6.45, 7) is 4.05. The van der Waals surface area contributed by atoms with E-state index in [9.17, 15) is 14.0 Å². The second kappa shape index (κ2) is 9.01. The third-order valence-corrected chi connectivity index (χ3v) is 5.45. The van der Waals surface area contributed by atoms with Crippen molar-refractivity contribution in [1.29, 1.82) is 0 Å². The maximum atomic E-state index is 13.3. The van der Waals surface area contributed by atoms with Crippen LogP contribution in [0, 0.1) is 5.82 Å². The molecule has 0 saturated heterocycles. The smallest absolute Gasteiger partial charge is 0.266 e. The van der Waals surface area contributed by atoms with Crippen LogP contribution >= 0.6 is 11.8 Å². The molecule has 3 rings (SSSR count). The van der Waals surface area contributed by atoms with Crippen molar-refractivity contribution >= 4 is 28.6 Å². The zero-order chi connectivity index (χ0) is 20.1. The summed E-state index contributed by atoms with van der Waals surface area (Å²) >= 11 is 1.19. The lowest BCUT2D eigenvalue weighted by Gasteiger charge is -2.16. The summed E-state index contributed by atoms with van der Waals surface area (Å²) in [6, 6.07) is 12.8. The molecule has 0 unspecified atom stereocenters. The minimum Gasteiger partial charge on any atom is -0.353 e. The van der Waals surface area contributed by atoms with Gasteiger partial charge in [-0.3, -0.25) is 14.2 Å². The van der Waals surface area contributed by atoms with Gasteiger partial charge in [0.15, 0.2) is 5.16 Å². The Kier molecular flexibility index (Phi) is 6.46. The molecule has 1 aromatic heterocycles. The number of benzene rings is 2. The average Bonchev–Trinajstić information content (AvgIpc) is 2.71. The summed E-state index contributed by atoms with van der Waals surface area (Å²) < 4.78 is 14.8. The van der Waals surface area contributed by atoms with Gasteiger partial charge in [-0.25, -0.2) is 9.37 Å². The highest BCUT2D eigenvalue weighted by Gasteiger charge is 2.16.